The molecule has 0 saturated carbocycles. The van der Waals surface area contributed by atoms with Gasteiger partial charge in [-0.1, -0.05) is 40.5 Å². The van der Waals surface area contributed by atoms with Crippen LogP contribution >= 0.6 is 23.2 Å². The number of hydrogen-bond acceptors (Lipinski definition) is 5. The molecular formula is C17H16Cl2N2O4. The number of carbonyl (C=O) groups excluding carboxylic acids is 1. The molecule has 0 radical (unpaired) electrons. The standard InChI is InChI=1S/C17H16Cl2N2O4/c1-23-14-7-6-12(8-15(14)24-2)21-16(22)10-25-20-9-11-4-3-5-13(18)17(11)19/h3-9H,10H2,1-2H3,(H,21,22)/b20-9-. The maximum atomic E-state index is 11.9. The molecule has 0 atom stereocenters. The summed E-state index contributed by atoms with van der Waals surface area (Å²) in [7, 11) is 3.05. The molecule has 0 spiro atoms. The van der Waals surface area contributed by atoms with Crippen LogP contribution < -0.4 is 14.8 Å². The second kappa shape index (κ2) is 9.15. The van der Waals surface area contributed by atoms with Gasteiger partial charge in [-0.15, -0.1) is 0 Å². The van der Waals surface area contributed by atoms with E-state index in [4.69, 9.17) is 37.5 Å². The van der Waals surface area contributed by atoms with Crippen molar-refractivity contribution < 1.29 is 19.1 Å². The summed E-state index contributed by atoms with van der Waals surface area (Å²) >= 11 is 11.9. The topological polar surface area (TPSA) is 69.2 Å². The molecule has 2 rings (SSSR count). The first-order chi connectivity index (χ1) is 12.0. The average molecular weight is 383 g/mol. The number of ether oxygens (including phenoxy) is 2. The first-order valence-electron chi connectivity index (χ1n) is 7.16. The monoisotopic (exact) mass is 382 g/mol. The van der Waals surface area contributed by atoms with Gasteiger partial charge < -0.3 is 19.6 Å². The third kappa shape index (κ3) is 5.27. The van der Waals surface area contributed by atoms with E-state index in [9.17, 15) is 4.79 Å². The van der Waals surface area contributed by atoms with Crippen LogP contribution in [0.2, 0.25) is 10.0 Å². The summed E-state index contributed by atoms with van der Waals surface area (Å²) in [6.07, 6.45) is 1.39. The lowest BCUT2D eigenvalue weighted by molar-refractivity contribution is -0.120. The van der Waals surface area contributed by atoms with Crippen molar-refractivity contribution in [3.05, 3.63) is 52.0 Å². The summed E-state index contributed by atoms with van der Waals surface area (Å²) in [4.78, 5) is 16.8. The zero-order valence-corrected chi connectivity index (χ0v) is 15.1. The van der Waals surface area contributed by atoms with Gasteiger partial charge in [0, 0.05) is 17.3 Å². The summed E-state index contributed by atoms with van der Waals surface area (Å²) in [5, 5.41) is 7.16. The number of oxime groups is 1. The van der Waals surface area contributed by atoms with Crippen LogP contribution in [0.4, 0.5) is 5.69 Å². The predicted octanol–water partition coefficient (Wildman–Crippen LogP) is 4.00. The van der Waals surface area contributed by atoms with Crippen LogP contribution in [0.1, 0.15) is 5.56 Å². The van der Waals surface area contributed by atoms with Crippen LogP contribution in [0.25, 0.3) is 0 Å². The number of halogens is 2. The van der Waals surface area contributed by atoms with Gasteiger partial charge >= 0.3 is 0 Å². The van der Waals surface area contributed by atoms with Crippen LogP contribution in [0.15, 0.2) is 41.6 Å². The molecule has 1 N–H and O–H groups in total. The van der Waals surface area contributed by atoms with E-state index < -0.39 is 0 Å². The third-order valence-electron chi connectivity index (χ3n) is 3.11. The van der Waals surface area contributed by atoms with Crippen molar-refractivity contribution in [1.29, 1.82) is 0 Å². The lowest BCUT2D eigenvalue weighted by Gasteiger charge is -2.10. The molecule has 0 aliphatic heterocycles. The van der Waals surface area contributed by atoms with Gasteiger partial charge in [0.1, 0.15) is 0 Å². The Kier molecular flexibility index (Phi) is 6.91. The lowest BCUT2D eigenvalue weighted by atomic mass is 10.2. The summed E-state index contributed by atoms with van der Waals surface area (Å²) < 4.78 is 10.3. The highest BCUT2D eigenvalue weighted by Crippen LogP contribution is 2.29. The summed E-state index contributed by atoms with van der Waals surface area (Å²) in [6, 6.07) is 10.2. The van der Waals surface area contributed by atoms with Crippen molar-refractivity contribution in [3.8, 4) is 11.5 Å². The molecule has 0 aliphatic rings. The molecule has 2 aromatic carbocycles. The molecular weight excluding hydrogens is 367 g/mol. The number of benzene rings is 2. The van der Waals surface area contributed by atoms with E-state index in [2.05, 4.69) is 10.5 Å². The Morgan fingerprint density at radius 1 is 1.16 bits per heavy atom. The molecule has 8 heteroatoms. The van der Waals surface area contributed by atoms with Crippen LogP contribution in [0, 0.1) is 0 Å². The minimum atomic E-state index is -0.374. The van der Waals surface area contributed by atoms with Crippen LogP contribution in [-0.4, -0.2) is 32.9 Å². The highest BCUT2D eigenvalue weighted by atomic mass is 35.5. The molecule has 0 fully saturated rings. The van der Waals surface area contributed by atoms with E-state index in [1.807, 2.05) is 0 Å². The Bertz CT molecular complexity index is 781. The smallest absolute Gasteiger partial charge is 0.265 e. The Labute approximate surface area is 155 Å². The van der Waals surface area contributed by atoms with Gasteiger partial charge in [-0.25, -0.2) is 0 Å². The Morgan fingerprint density at radius 3 is 2.64 bits per heavy atom. The molecule has 6 nitrogen and oxygen atoms in total. The van der Waals surface area contributed by atoms with Crippen LogP contribution in [0.5, 0.6) is 11.5 Å². The number of nitrogens with zero attached hydrogens (tertiary/aromatic N) is 1. The minimum absolute atomic E-state index is 0.261. The largest absolute Gasteiger partial charge is 0.493 e. The second-order valence-corrected chi connectivity index (χ2v) is 5.55. The van der Waals surface area contributed by atoms with Crippen molar-refractivity contribution in [2.24, 2.45) is 5.16 Å². The van der Waals surface area contributed by atoms with E-state index in [1.54, 1.807) is 36.4 Å². The van der Waals surface area contributed by atoms with Crippen molar-refractivity contribution >= 4 is 41.0 Å². The highest BCUT2D eigenvalue weighted by molar-refractivity contribution is 6.43. The lowest BCUT2D eigenvalue weighted by Crippen LogP contribution is -2.17. The first kappa shape index (κ1) is 18.9. The van der Waals surface area contributed by atoms with Crippen LogP contribution in [0.3, 0.4) is 0 Å². The Morgan fingerprint density at radius 2 is 1.92 bits per heavy atom. The minimum Gasteiger partial charge on any atom is -0.493 e. The fourth-order valence-corrected chi connectivity index (χ4v) is 2.28. The number of carbonyl (C=O) groups is 1. The van der Waals surface area contributed by atoms with E-state index >= 15 is 0 Å². The van der Waals surface area contributed by atoms with Gasteiger partial charge in [0.15, 0.2) is 18.1 Å². The first-order valence-corrected chi connectivity index (χ1v) is 7.92. The molecule has 25 heavy (non-hydrogen) atoms. The fourth-order valence-electron chi connectivity index (χ4n) is 1.92. The molecule has 2 aromatic rings. The molecule has 0 aliphatic carbocycles. The maximum Gasteiger partial charge on any atom is 0.265 e. The van der Waals surface area contributed by atoms with Gasteiger partial charge in [-0.05, 0) is 18.2 Å². The Balaban J connectivity index is 1.88. The molecule has 132 valence electrons. The molecule has 0 aromatic heterocycles. The Hall–Kier alpha value is -2.44. The quantitative estimate of drug-likeness (QED) is 0.580. The van der Waals surface area contributed by atoms with Gasteiger partial charge in [-0.2, -0.15) is 0 Å². The van der Waals surface area contributed by atoms with E-state index in [-0.39, 0.29) is 12.5 Å². The van der Waals surface area contributed by atoms with Crippen molar-refractivity contribution in [1.82, 2.24) is 0 Å². The van der Waals surface area contributed by atoms with Crippen LogP contribution in [-0.2, 0) is 9.63 Å². The summed E-state index contributed by atoms with van der Waals surface area (Å²) in [6.45, 7) is -0.261. The number of nitrogens with one attached hydrogen (secondary N) is 1. The van der Waals surface area contributed by atoms with E-state index in [1.165, 1.54) is 20.4 Å². The second-order valence-electron chi connectivity index (χ2n) is 4.77. The zero-order valence-electron chi connectivity index (χ0n) is 13.6. The predicted molar refractivity (Wildman–Crippen MR) is 98.2 cm³/mol. The number of amides is 1. The normalized spacial score (nSPS) is 10.6. The highest BCUT2D eigenvalue weighted by Gasteiger charge is 2.08. The third-order valence-corrected chi connectivity index (χ3v) is 3.94. The molecule has 0 saturated heterocycles. The molecule has 1 amide bonds. The number of methoxy groups -OCH3 is 2. The van der Waals surface area contributed by atoms with E-state index in [0.29, 0.717) is 32.8 Å². The zero-order chi connectivity index (χ0) is 18.2. The SMILES string of the molecule is COc1ccc(NC(=O)CO/N=C\c2cccc(Cl)c2Cl)cc1OC. The number of anilines is 1. The average Bonchev–Trinajstić information content (AvgIpc) is 2.62. The van der Waals surface area contributed by atoms with Gasteiger partial charge in [0.05, 0.1) is 30.5 Å². The van der Waals surface area contributed by atoms with Gasteiger partial charge in [0.2, 0.25) is 0 Å². The molecule has 0 bridgehead atoms. The number of rotatable bonds is 7. The van der Waals surface area contributed by atoms with Crippen molar-refractivity contribution in [2.75, 3.05) is 26.1 Å². The summed E-state index contributed by atoms with van der Waals surface area (Å²) in [5.74, 6) is 0.705. The van der Waals surface area contributed by atoms with Gasteiger partial charge in [-0.3, -0.25) is 4.79 Å². The fraction of sp³-hybridized carbons (Fsp3) is 0.176. The number of hydrogen-bond donors (Lipinski definition) is 1. The molecule has 0 heterocycles. The molecule has 0 unspecified atom stereocenters. The van der Waals surface area contributed by atoms with Crippen molar-refractivity contribution in [3.63, 3.8) is 0 Å². The maximum absolute atomic E-state index is 11.9. The van der Waals surface area contributed by atoms with Gasteiger partial charge in [0.25, 0.3) is 5.91 Å². The van der Waals surface area contributed by atoms with Crippen molar-refractivity contribution in [2.45, 2.75) is 0 Å². The summed E-state index contributed by atoms with van der Waals surface area (Å²) in [5.41, 5.74) is 1.14. The van der Waals surface area contributed by atoms with E-state index in [0.717, 1.165) is 0 Å².